The van der Waals surface area contributed by atoms with Gasteiger partial charge in [0.15, 0.2) is 5.82 Å². The normalized spacial score (nSPS) is 19.6. The maximum atomic E-state index is 13.0. The number of aromatic nitrogens is 6. The van der Waals surface area contributed by atoms with Gasteiger partial charge in [-0.1, -0.05) is 18.5 Å². The SMILES string of the molecule is CC[C@H]1CN(c2ncc(-c3ncn[nH]3)nc2C)CCN1C1CCN(C(=O)c2ccc(Cl)nc2N)CC1. The lowest BCUT2D eigenvalue weighted by atomic mass is 9.97. The molecule has 190 valence electrons. The Morgan fingerprint density at radius 2 is 1.97 bits per heavy atom. The van der Waals surface area contributed by atoms with Gasteiger partial charge in [-0.2, -0.15) is 5.10 Å². The molecule has 12 heteroatoms. The molecule has 3 aromatic heterocycles. The first-order chi connectivity index (χ1) is 17.4. The molecule has 0 aliphatic carbocycles. The minimum atomic E-state index is -0.0743. The van der Waals surface area contributed by atoms with E-state index >= 15 is 0 Å². The predicted octanol–water partition coefficient (Wildman–Crippen LogP) is 2.41. The molecule has 2 aliphatic rings. The number of halogens is 1. The number of pyridine rings is 1. The Morgan fingerprint density at radius 1 is 1.17 bits per heavy atom. The van der Waals surface area contributed by atoms with Crippen molar-refractivity contribution in [2.75, 3.05) is 43.4 Å². The number of amides is 1. The summed E-state index contributed by atoms with van der Waals surface area (Å²) in [6.45, 7) is 8.38. The van der Waals surface area contributed by atoms with E-state index < -0.39 is 0 Å². The quantitative estimate of drug-likeness (QED) is 0.496. The molecule has 3 N–H and O–H groups in total. The van der Waals surface area contributed by atoms with Gasteiger partial charge in [0.2, 0.25) is 0 Å². The highest BCUT2D eigenvalue weighted by Crippen LogP contribution is 2.28. The van der Waals surface area contributed by atoms with Gasteiger partial charge >= 0.3 is 0 Å². The number of piperidine rings is 1. The number of hydrogen-bond donors (Lipinski definition) is 2. The number of H-pyrrole nitrogens is 1. The van der Waals surface area contributed by atoms with Crippen molar-refractivity contribution in [1.82, 2.24) is 39.9 Å². The summed E-state index contributed by atoms with van der Waals surface area (Å²) in [5.74, 6) is 1.65. The van der Waals surface area contributed by atoms with E-state index in [0.717, 1.165) is 50.4 Å². The molecule has 0 bridgehead atoms. The number of aromatic amines is 1. The van der Waals surface area contributed by atoms with Crippen LogP contribution in [0, 0.1) is 6.92 Å². The summed E-state index contributed by atoms with van der Waals surface area (Å²) in [6, 6.07) is 4.13. The van der Waals surface area contributed by atoms with E-state index in [2.05, 4.69) is 36.9 Å². The fourth-order valence-electron chi connectivity index (χ4n) is 5.34. The Kier molecular flexibility index (Phi) is 7.01. The fourth-order valence-corrected chi connectivity index (χ4v) is 5.49. The number of likely N-dealkylation sites (tertiary alicyclic amines) is 1. The summed E-state index contributed by atoms with van der Waals surface area (Å²) in [7, 11) is 0. The van der Waals surface area contributed by atoms with Crippen molar-refractivity contribution >= 4 is 29.1 Å². The molecule has 36 heavy (non-hydrogen) atoms. The molecule has 0 radical (unpaired) electrons. The van der Waals surface area contributed by atoms with Gasteiger partial charge in [-0.15, -0.1) is 0 Å². The smallest absolute Gasteiger partial charge is 0.257 e. The Hall–Kier alpha value is -3.31. The molecular weight excluding hydrogens is 480 g/mol. The zero-order chi connectivity index (χ0) is 25.2. The molecule has 5 heterocycles. The third-order valence-corrected chi connectivity index (χ3v) is 7.43. The molecule has 2 saturated heterocycles. The van der Waals surface area contributed by atoms with Crippen molar-refractivity contribution in [3.8, 4) is 11.5 Å². The number of nitrogens with two attached hydrogens (primary N) is 1. The lowest BCUT2D eigenvalue weighted by molar-refractivity contribution is 0.0491. The van der Waals surface area contributed by atoms with Gasteiger partial charge in [-0.05, 0) is 38.3 Å². The van der Waals surface area contributed by atoms with Crippen molar-refractivity contribution in [3.63, 3.8) is 0 Å². The summed E-state index contributed by atoms with van der Waals surface area (Å²) < 4.78 is 0. The predicted molar refractivity (Wildman–Crippen MR) is 138 cm³/mol. The van der Waals surface area contributed by atoms with Crippen molar-refractivity contribution in [2.45, 2.75) is 45.2 Å². The number of hydrogen-bond acceptors (Lipinski definition) is 9. The first kappa shape index (κ1) is 24.4. The van der Waals surface area contributed by atoms with Crippen molar-refractivity contribution < 1.29 is 4.79 Å². The molecule has 1 atom stereocenters. The maximum Gasteiger partial charge on any atom is 0.257 e. The van der Waals surface area contributed by atoms with Crippen LogP contribution in [0.15, 0.2) is 24.7 Å². The number of anilines is 2. The van der Waals surface area contributed by atoms with E-state index in [9.17, 15) is 4.79 Å². The standard InChI is InChI=1S/C24H31ClN10O/c1-3-16-13-34(23-15(2)30-19(12-27-23)22-28-14-29-32-22)10-11-35(16)17-6-8-33(9-7-17)24(36)18-4-5-20(25)31-21(18)26/h4-5,12,14,16-17H,3,6-11,13H2,1-2H3,(H2,26,31)(H,28,29,32)/t16-/m0/s1. The summed E-state index contributed by atoms with van der Waals surface area (Å²) in [4.78, 5) is 37.4. The molecule has 11 nitrogen and oxygen atoms in total. The second-order valence-corrected chi connectivity index (χ2v) is 9.72. The van der Waals surface area contributed by atoms with Gasteiger partial charge in [0.1, 0.15) is 28.8 Å². The molecule has 2 aliphatic heterocycles. The van der Waals surface area contributed by atoms with Crippen LogP contribution in [-0.2, 0) is 0 Å². The van der Waals surface area contributed by atoms with Crippen LogP contribution in [0.1, 0.15) is 42.2 Å². The van der Waals surface area contributed by atoms with Crippen LogP contribution in [0.5, 0.6) is 0 Å². The second-order valence-electron chi connectivity index (χ2n) is 9.33. The fraction of sp³-hybridized carbons (Fsp3) is 0.500. The highest BCUT2D eigenvalue weighted by Gasteiger charge is 2.35. The highest BCUT2D eigenvalue weighted by molar-refractivity contribution is 6.29. The van der Waals surface area contributed by atoms with Crippen LogP contribution in [0.2, 0.25) is 5.15 Å². The average Bonchev–Trinajstić information content (AvgIpc) is 3.43. The zero-order valence-electron chi connectivity index (χ0n) is 20.6. The number of carbonyl (C=O) groups is 1. The van der Waals surface area contributed by atoms with E-state index in [1.54, 1.807) is 18.3 Å². The molecule has 1 amide bonds. The number of aryl methyl sites for hydroxylation is 1. The minimum Gasteiger partial charge on any atom is -0.383 e. The topological polar surface area (TPSA) is 133 Å². The Bertz CT molecular complexity index is 1210. The number of nitrogen functional groups attached to an aromatic ring is 1. The molecule has 0 saturated carbocycles. The average molecular weight is 511 g/mol. The van der Waals surface area contributed by atoms with E-state index in [1.165, 1.54) is 6.33 Å². The Balaban J connectivity index is 1.21. The van der Waals surface area contributed by atoms with E-state index in [1.807, 2.05) is 11.8 Å². The lowest BCUT2D eigenvalue weighted by Gasteiger charge is -2.47. The van der Waals surface area contributed by atoms with Gasteiger partial charge in [0.25, 0.3) is 5.91 Å². The Morgan fingerprint density at radius 3 is 2.64 bits per heavy atom. The maximum absolute atomic E-state index is 13.0. The molecule has 0 spiro atoms. The van der Waals surface area contributed by atoms with E-state index in [-0.39, 0.29) is 11.7 Å². The van der Waals surface area contributed by atoms with Crippen molar-refractivity contribution in [1.29, 1.82) is 0 Å². The van der Waals surface area contributed by atoms with Crippen LogP contribution in [0.4, 0.5) is 11.6 Å². The third-order valence-electron chi connectivity index (χ3n) is 7.22. The van der Waals surface area contributed by atoms with Crippen LogP contribution in [0.25, 0.3) is 11.5 Å². The summed E-state index contributed by atoms with van der Waals surface area (Å²) in [5, 5.41) is 7.03. The lowest BCUT2D eigenvalue weighted by Crippen LogP contribution is -2.59. The van der Waals surface area contributed by atoms with Gasteiger partial charge in [-0.25, -0.2) is 19.9 Å². The minimum absolute atomic E-state index is 0.0743. The molecule has 5 rings (SSSR count). The number of piperazine rings is 1. The monoisotopic (exact) mass is 510 g/mol. The molecule has 0 aromatic carbocycles. The third kappa shape index (κ3) is 4.85. The molecule has 3 aromatic rings. The molecule has 0 unspecified atom stereocenters. The van der Waals surface area contributed by atoms with Gasteiger partial charge in [0.05, 0.1) is 17.5 Å². The van der Waals surface area contributed by atoms with Crippen molar-refractivity contribution in [2.24, 2.45) is 0 Å². The summed E-state index contributed by atoms with van der Waals surface area (Å²) >= 11 is 5.89. The summed E-state index contributed by atoms with van der Waals surface area (Å²) in [6.07, 6.45) is 6.15. The number of nitrogens with zero attached hydrogens (tertiary/aromatic N) is 8. The second kappa shape index (κ2) is 10.4. The van der Waals surface area contributed by atoms with Crippen molar-refractivity contribution in [3.05, 3.63) is 41.1 Å². The van der Waals surface area contributed by atoms with E-state index in [4.69, 9.17) is 27.3 Å². The zero-order valence-corrected chi connectivity index (χ0v) is 21.3. The number of rotatable bonds is 5. The van der Waals surface area contributed by atoms with Crippen LogP contribution in [0.3, 0.4) is 0 Å². The first-order valence-corrected chi connectivity index (χ1v) is 12.7. The summed E-state index contributed by atoms with van der Waals surface area (Å²) in [5.41, 5.74) is 7.94. The van der Waals surface area contributed by atoms with Crippen LogP contribution < -0.4 is 10.6 Å². The first-order valence-electron chi connectivity index (χ1n) is 12.4. The van der Waals surface area contributed by atoms with E-state index in [0.29, 0.717) is 47.4 Å². The Labute approximate surface area is 215 Å². The van der Waals surface area contributed by atoms with Gasteiger partial charge in [-0.3, -0.25) is 14.8 Å². The number of nitrogens with one attached hydrogen (secondary N) is 1. The highest BCUT2D eigenvalue weighted by atomic mass is 35.5. The van der Waals surface area contributed by atoms with Gasteiger partial charge < -0.3 is 15.5 Å². The van der Waals surface area contributed by atoms with Crippen LogP contribution >= 0.6 is 11.6 Å². The largest absolute Gasteiger partial charge is 0.383 e. The van der Waals surface area contributed by atoms with Crippen LogP contribution in [-0.4, -0.2) is 90.6 Å². The molecule has 2 fully saturated rings. The van der Waals surface area contributed by atoms with Gasteiger partial charge in [0, 0.05) is 44.8 Å². The number of carbonyl (C=O) groups excluding carboxylic acids is 1. The molecular formula is C24H31ClN10O.